The van der Waals surface area contributed by atoms with Crippen LogP contribution >= 0.6 is 0 Å². The number of aliphatic hydroxyl groups excluding tert-OH is 1. The van der Waals surface area contributed by atoms with Gasteiger partial charge in [0.25, 0.3) is 0 Å². The van der Waals surface area contributed by atoms with Gasteiger partial charge in [-0.25, -0.2) is 4.79 Å². The van der Waals surface area contributed by atoms with E-state index in [1.807, 2.05) is 18.2 Å². The van der Waals surface area contributed by atoms with Crippen LogP contribution in [0.15, 0.2) is 120 Å². The molecule has 2 heterocycles. The minimum Gasteiger partial charge on any atom is -0.508 e. The van der Waals surface area contributed by atoms with Gasteiger partial charge in [0.2, 0.25) is 53.2 Å². The molecule has 1 aliphatic rings. The van der Waals surface area contributed by atoms with Crippen molar-refractivity contribution in [3.63, 3.8) is 0 Å². The number of nitrogens with one attached hydrogen (secondary N) is 9. The van der Waals surface area contributed by atoms with Crippen LogP contribution in [0.25, 0.3) is 10.9 Å². The summed E-state index contributed by atoms with van der Waals surface area (Å²) >= 11 is 0. The van der Waals surface area contributed by atoms with Crippen molar-refractivity contribution in [2.45, 2.75) is 114 Å². The molecule has 4 aromatic carbocycles. The molecule has 1 aliphatic heterocycles. The third-order valence-corrected chi connectivity index (χ3v) is 14.4. The zero-order chi connectivity index (χ0) is 65.1. The number of amides is 10. The second-order valence-corrected chi connectivity index (χ2v) is 21.9. The molecule has 1 saturated heterocycles. The van der Waals surface area contributed by atoms with E-state index in [4.69, 9.17) is 26.7 Å². The van der Waals surface area contributed by atoms with Gasteiger partial charge in [-0.2, -0.15) is 0 Å². The zero-order valence-corrected chi connectivity index (χ0v) is 50.1. The summed E-state index contributed by atoms with van der Waals surface area (Å²) in [6.07, 6.45) is 1.28. The first kappa shape index (κ1) is 69.0. The SMILES string of the molecule is CC(C)C[C@H](NC(=O)CNC(=O)[C@H](Cc1ccc(O)cc1)NC(=O)[C@H](CO)NC(=O)[C@H](Cc1c[nH]c2ccccc12)NC(=O)[C@H](COCc1ccccc1)NC(=O)OCc1ccccc1)C(=O)N[C@@H](CCCN=C(N)N)C(=O)N1CCC[C@H]1C(=O)NCC(N)=O. The molecule has 0 aliphatic carbocycles. The van der Waals surface area contributed by atoms with Crippen molar-refractivity contribution in [3.05, 3.63) is 138 Å². The summed E-state index contributed by atoms with van der Waals surface area (Å²) in [5, 5.41) is 41.9. The lowest BCUT2D eigenvalue weighted by Gasteiger charge is -2.30. The van der Waals surface area contributed by atoms with Crippen molar-refractivity contribution in [3.8, 4) is 5.75 Å². The van der Waals surface area contributed by atoms with Crippen LogP contribution in [0.3, 0.4) is 0 Å². The van der Waals surface area contributed by atoms with Gasteiger partial charge >= 0.3 is 6.09 Å². The lowest BCUT2D eigenvalue weighted by Crippen LogP contribution is -2.60. The number of aromatic amines is 1. The number of carbonyl (C=O) groups excluding carboxylic acids is 10. The number of aliphatic hydroxyl groups is 1. The standard InChI is InChI=1S/C62H80N14O14/c1-37(2)27-46(55(82)71-45(19-11-25-66-61(64)65)60(87)76-26-12-20-51(76)59(86)68-31-52(63)79)70-53(80)32-69-54(81)47(28-38-21-23-42(78)24-22-38)72-57(84)49(33-77)74-56(83)48(29-41-30-67-44-18-10-9-17-43(41)44)73-58(85)50(36-89-34-39-13-5-3-6-14-39)75-62(88)90-35-40-15-7-4-8-16-40/h3-10,13-18,21-24,30,37,45-51,67,77-78H,11-12,19-20,25-29,31-36H2,1-2H3,(H2,63,79)(H,68,86)(H,69,81)(H,70,80)(H,71,82)(H,72,84)(H,73,85)(H,74,83)(H,75,88)(H4,64,65,66)/t45-,46-,47-,48-,49-,50-,51-/m0/s1. The Balaban J connectivity index is 1.16. The number of nitrogens with two attached hydrogens (primary N) is 3. The number of H-pyrrole nitrogens is 1. The van der Waals surface area contributed by atoms with Gasteiger partial charge in [-0.15, -0.1) is 0 Å². The Morgan fingerprint density at radius 1 is 0.644 bits per heavy atom. The van der Waals surface area contributed by atoms with Gasteiger partial charge < -0.3 is 89.3 Å². The first-order valence-electron chi connectivity index (χ1n) is 29.4. The maximum absolute atomic E-state index is 14.5. The predicted molar refractivity (Wildman–Crippen MR) is 330 cm³/mol. The number of alkyl carbamates (subject to hydrolysis) is 1. The Bertz CT molecular complexity index is 3270. The van der Waals surface area contributed by atoms with Crippen LogP contribution in [0.4, 0.5) is 4.79 Å². The fraction of sp³-hybridized carbons (Fsp3) is 0.403. The number of primary amides is 1. The third-order valence-electron chi connectivity index (χ3n) is 14.4. The smallest absolute Gasteiger partial charge is 0.408 e. The number of fused-ring (bicyclic) bond motifs is 1. The summed E-state index contributed by atoms with van der Waals surface area (Å²) < 4.78 is 11.3. The third kappa shape index (κ3) is 22.3. The number of ether oxygens (including phenoxy) is 2. The molecule has 90 heavy (non-hydrogen) atoms. The lowest BCUT2D eigenvalue weighted by atomic mass is 10.0. The highest BCUT2D eigenvalue weighted by atomic mass is 16.5. The number of guanidine groups is 1. The zero-order valence-electron chi connectivity index (χ0n) is 50.1. The molecule has 28 nitrogen and oxygen atoms in total. The van der Waals surface area contributed by atoms with Crippen molar-refractivity contribution in [1.82, 2.24) is 52.4 Å². The molecule has 482 valence electrons. The number of phenols is 1. The average molecular weight is 1250 g/mol. The van der Waals surface area contributed by atoms with E-state index >= 15 is 0 Å². The van der Waals surface area contributed by atoms with Gasteiger partial charge in [-0.1, -0.05) is 105 Å². The molecule has 1 fully saturated rings. The normalized spacial score (nSPS) is 14.7. The molecule has 0 bridgehead atoms. The average Bonchev–Trinajstić information content (AvgIpc) is 1.84. The van der Waals surface area contributed by atoms with Gasteiger partial charge in [-0.3, -0.25) is 48.1 Å². The van der Waals surface area contributed by atoms with Crippen molar-refractivity contribution in [1.29, 1.82) is 0 Å². The number of aromatic nitrogens is 1. The summed E-state index contributed by atoms with van der Waals surface area (Å²) in [6.45, 7) is 1.19. The molecule has 28 heteroatoms. The van der Waals surface area contributed by atoms with E-state index in [1.54, 1.807) is 86.8 Å². The number of rotatable bonds is 34. The summed E-state index contributed by atoms with van der Waals surface area (Å²) in [5.74, 6) is -7.93. The molecule has 1 aromatic heterocycles. The number of hydrogen-bond donors (Lipinski definition) is 14. The fourth-order valence-electron chi connectivity index (χ4n) is 9.84. The molecule has 17 N–H and O–H groups in total. The molecule has 0 saturated carbocycles. The maximum Gasteiger partial charge on any atom is 0.408 e. The maximum atomic E-state index is 14.5. The second-order valence-electron chi connectivity index (χ2n) is 21.9. The van der Waals surface area contributed by atoms with Gasteiger partial charge in [0.05, 0.1) is 32.9 Å². The molecule has 7 atom stereocenters. The first-order chi connectivity index (χ1) is 43.2. The van der Waals surface area contributed by atoms with E-state index in [0.717, 1.165) is 5.56 Å². The molecule has 5 aromatic rings. The monoisotopic (exact) mass is 1240 g/mol. The number of nitrogens with zero attached hydrogens (tertiary/aromatic N) is 2. The summed E-state index contributed by atoms with van der Waals surface area (Å²) in [4.78, 5) is 145. The van der Waals surface area contributed by atoms with Gasteiger partial charge in [0.1, 0.15) is 54.6 Å². The molecule has 6 rings (SSSR count). The van der Waals surface area contributed by atoms with Crippen molar-refractivity contribution >= 4 is 76.1 Å². The van der Waals surface area contributed by atoms with E-state index in [2.05, 4.69) is 52.5 Å². The van der Waals surface area contributed by atoms with Crippen LogP contribution < -0.4 is 59.7 Å². The van der Waals surface area contributed by atoms with Crippen LogP contribution in [0.1, 0.15) is 68.2 Å². The fourth-order valence-corrected chi connectivity index (χ4v) is 9.84. The highest BCUT2D eigenvalue weighted by Crippen LogP contribution is 2.22. The number of likely N-dealkylation sites (tertiary alicyclic amines) is 1. The molecular weight excluding hydrogens is 1160 g/mol. The number of hydrogen-bond acceptors (Lipinski definition) is 15. The van der Waals surface area contributed by atoms with Crippen LogP contribution in [0.2, 0.25) is 0 Å². The van der Waals surface area contributed by atoms with Crippen molar-refractivity contribution in [2.75, 3.05) is 39.4 Å². The summed E-state index contributed by atoms with van der Waals surface area (Å²) in [5.41, 5.74) is 19.4. The summed E-state index contributed by atoms with van der Waals surface area (Å²) in [6, 6.07) is 21.1. The van der Waals surface area contributed by atoms with Crippen molar-refractivity contribution in [2.24, 2.45) is 28.1 Å². The predicted octanol–water partition coefficient (Wildman–Crippen LogP) is -0.605. The van der Waals surface area contributed by atoms with E-state index in [-0.39, 0.29) is 89.1 Å². The second kappa shape index (κ2) is 35.0. The van der Waals surface area contributed by atoms with E-state index in [0.29, 0.717) is 34.0 Å². The number of para-hydroxylation sites is 1. The Kier molecular flexibility index (Phi) is 26.9. The number of aliphatic imine (C=N–C) groups is 1. The van der Waals surface area contributed by atoms with E-state index in [9.17, 15) is 58.2 Å². The highest BCUT2D eigenvalue weighted by Gasteiger charge is 2.39. The molecule has 0 unspecified atom stereocenters. The Morgan fingerprint density at radius 3 is 1.90 bits per heavy atom. The Morgan fingerprint density at radius 2 is 1.24 bits per heavy atom. The van der Waals surface area contributed by atoms with Crippen LogP contribution in [0.5, 0.6) is 5.75 Å². The van der Waals surface area contributed by atoms with Crippen LogP contribution in [-0.4, -0.2) is 167 Å². The molecular formula is C62H80N14O14. The first-order valence-corrected chi connectivity index (χ1v) is 29.4. The summed E-state index contributed by atoms with van der Waals surface area (Å²) in [7, 11) is 0. The number of carbonyl (C=O) groups is 10. The van der Waals surface area contributed by atoms with Gasteiger partial charge in [0.15, 0.2) is 5.96 Å². The Labute approximate surface area is 519 Å². The number of phenolic OH excluding ortho intramolecular Hbond substituents is 1. The van der Waals surface area contributed by atoms with E-state index < -0.39 is 121 Å². The van der Waals surface area contributed by atoms with Crippen molar-refractivity contribution < 1.29 is 67.6 Å². The molecule has 0 radical (unpaired) electrons. The van der Waals surface area contributed by atoms with E-state index in [1.165, 1.54) is 29.2 Å². The Hall–Kier alpha value is -10.1. The number of aromatic hydroxyl groups is 1. The minimum atomic E-state index is -1.76. The minimum absolute atomic E-state index is 0.0163. The van der Waals surface area contributed by atoms with Gasteiger partial charge in [0, 0.05) is 43.0 Å². The lowest BCUT2D eigenvalue weighted by molar-refractivity contribution is -0.142. The topological polar surface area (TPSA) is 435 Å². The molecule has 0 spiro atoms. The van der Waals surface area contributed by atoms with Crippen LogP contribution in [0, 0.1) is 5.92 Å². The largest absolute Gasteiger partial charge is 0.508 e. The van der Waals surface area contributed by atoms with Crippen LogP contribution in [-0.2, 0) is 78.7 Å². The molecule has 10 amide bonds. The quantitative estimate of drug-likeness (QED) is 0.0139. The number of benzene rings is 4. The van der Waals surface area contributed by atoms with Gasteiger partial charge in [-0.05, 0) is 78.5 Å². The highest BCUT2D eigenvalue weighted by molar-refractivity contribution is 5.98.